The normalized spacial score (nSPS) is 14.3. The second kappa shape index (κ2) is 17.7. The molecule has 0 aromatic carbocycles. The van der Waals surface area contributed by atoms with Crippen LogP contribution >= 0.6 is 0 Å². The molecular weight excluding hydrogens is 464 g/mol. The van der Waals surface area contributed by atoms with E-state index in [1.807, 2.05) is 0 Å². The molecule has 0 heterocycles. The molecule has 0 aromatic heterocycles. The van der Waals surface area contributed by atoms with E-state index in [1.165, 1.54) is 12.8 Å². The van der Waals surface area contributed by atoms with E-state index >= 15 is 0 Å². The van der Waals surface area contributed by atoms with E-state index in [4.69, 9.17) is 14.2 Å². The van der Waals surface area contributed by atoms with Crippen LogP contribution in [0, 0.1) is 0 Å². The maximum absolute atomic E-state index is 11.3. The van der Waals surface area contributed by atoms with Gasteiger partial charge in [-0.05, 0) is 19.3 Å². The molecule has 0 saturated heterocycles. The van der Waals surface area contributed by atoms with Crippen LogP contribution in [0.5, 0.6) is 0 Å². The molecule has 0 amide bonds. The summed E-state index contributed by atoms with van der Waals surface area (Å²) in [7, 11) is -9.70. The Hall–Kier alpha value is -0.790. The van der Waals surface area contributed by atoms with Gasteiger partial charge in [0, 0.05) is 6.42 Å². The first-order valence-corrected chi connectivity index (χ1v) is 14.2. The predicted molar refractivity (Wildman–Crippen MR) is 120 cm³/mol. The van der Waals surface area contributed by atoms with Gasteiger partial charge in [0.05, 0.1) is 0 Å². The van der Waals surface area contributed by atoms with Crippen LogP contribution in [-0.2, 0) is 34.0 Å². The third-order valence-electron chi connectivity index (χ3n) is 5.13. The summed E-state index contributed by atoms with van der Waals surface area (Å²) >= 11 is 0. The van der Waals surface area contributed by atoms with Gasteiger partial charge in [0.25, 0.3) is 0 Å². The smallest absolute Gasteiger partial charge is 0.397 e. The molecule has 32 heavy (non-hydrogen) atoms. The van der Waals surface area contributed by atoms with Crippen molar-refractivity contribution in [1.82, 2.24) is 0 Å². The molecule has 0 saturated carbocycles. The van der Waals surface area contributed by atoms with E-state index in [2.05, 4.69) is 15.3 Å². The van der Waals surface area contributed by atoms with Crippen molar-refractivity contribution in [2.45, 2.75) is 122 Å². The number of unbranched alkanes of at least 4 members (excludes halogenated alkanes) is 11. The molecule has 0 aliphatic heterocycles. The van der Waals surface area contributed by atoms with Crippen molar-refractivity contribution in [3.05, 3.63) is 0 Å². The largest absolute Gasteiger partial charge is 0.481 e. The Morgan fingerprint density at radius 3 is 1.34 bits per heavy atom. The summed E-state index contributed by atoms with van der Waals surface area (Å²) in [5.74, 6) is -0.863. The van der Waals surface area contributed by atoms with Crippen LogP contribution in [0.15, 0.2) is 0 Å². The second-order valence-corrected chi connectivity index (χ2v) is 10.2. The Labute approximate surface area is 193 Å². The van der Waals surface area contributed by atoms with E-state index in [1.54, 1.807) is 0 Å². The molecule has 0 spiro atoms. The molecule has 10 nitrogen and oxygen atoms in total. The second-order valence-electron chi connectivity index (χ2n) is 8.09. The summed E-state index contributed by atoms with van der Waals surface area (Å²) in [6.45, 7) is 2.14. The first kappa shape index (κ1) is 31.2. The van der Waals surface area contributed by atoms with E-state index in [0.29, 0.717) is 38.5 Å². The van der Waals surface area contributed by atoms with Gasteiger partial charge < -0.3 is 5.11 Å². The number of carbonyl (C=O) groups is 1. The van der Waals surface area contributed by atoms with Crippen LogP contribution in [0.25, 0.3) is 0 Å². The summed E-state index contributed by atoms with van der Waals surface area (Å²) in [4.78, 5) is 10.5. The summed E-state index contributed by atoms with van der Waals surface area (Å²) in [5, 5.41) is 8.62. The maximum Gasteiger partial charge on any atom is 0.397 e. The van der Waals surface area contributed by atoms with Gasteiger partial charge in [-0.2, -0.15) is 16.8 Å². The number of carboxylic acids is 1. The third kappa shape index (κ3) is 21.1. The van der Waals surface area contributed by atoms with Crippen LogP contribution < -0.4 is 0 Å². The van der Waals surface area contributed by atoms with E-state index in [-0.39, 0.29) is 19.3 Å². The average Bonchev–Trinajstić information content (AvgIpc) is 2.65. The first-order chi connectivity index (χ1) is 14.9. The molecule has 0 fully saturated rings. The van der Waals surface area contributed by atoms with Crippen LogP contribution in [0.4, 0.5) is 0 Å². The van der Waals surface area contributed by atoms with Gasteiger partial charge in [-0.1, -0.05) is 84.0 Å². The zero-order valence-electron chi connectivity index (χ0n) is 19.0. The van der Waals surface area contributed by atoms with Gasteiger partial charge >= 0.3 is 26.8 Å². The predicted octanol–water partition coefficient (Wildman–Crippen LogP) is 4.71. The minimum absolute atomic E-state index is 0.0807. The minimum Gasteiger partial charge on any atom is -0.481 e. The fraction of sp³-hybridized carbons (Fsp3) is 0.950. The lowest BCUT2D eigenvalue weighted by Crippen LogP contribution is -2.35. The van der Waals surface area contributed by atoms with E-state index in [9.17, 15) is 21.6 Å². The summed E-state index contributed by atoms with van der Waals surface area (Å²) < 4.78 is 72.6. The van der Waals surface area contributed by atoms with Crippen molar-refractivity contribution in [3.8, 4) is 0 Å². The van der Waals surface area contributed by atoms with Crippen molar-refractivity contribution in [3.63, 3.8) is 0 Å². The fourth-order valence-corrected chi connectivity index (χ4v) is 4.60. The summed E-state index contributed by atoms with van der Waals surface area (Å²) in [5.41, 5.74) is 0. The lowest BCUT2D eigenvalue weighted by molar-refractivity contribution is -0.137. The SMILES string of the molecule is CCCCCCCCCCC(OS(=O)(=O)O)C(CCCCCCCC(=O)O)OS(=O)(=O)O. The highest BCUT2D eigenvalue weighted by atomic mass is 32.3. The average molecular weight is 505 g/mol. The fourth-order valence-electron chi connectivity index (χ4n) is 3.54. The topological polar surface area (TPSA) is 164 Å². The van der Waals surface area contributed by atoms with Gasteiger partial charge in [0.2, 0.25) is 0 Å². The molecule has 0 radical (unpaired) electrons. The van der Waals surface area contributed by atoms with Crippen LogP contribution in [-0.4, -0.2) is 49.2 Å². The third-order valence-corrected chi connectivity index (χ3v) is 6.11. The van der Waals surface area contributed by atoms with Crippen molar-refractivity contribution >= 4 is 26.8 Å². The van der Waals surface area contributed by atoms with Gasteiger partial charge in [0.1, 0.15) is 12.2 Å². The summed E-state index contributed by atoms with van der Waals surface area (Å²) in [6.07, 6.45) is 8.83. The molecule has 0 bridgehead atoms. The highest BCUT2D eigenvalue weighted by Crippen LogP contribution is 2.22. The molecule has 0 rings (SSSR count). The molecule has 0 aromatic rings. The molecule has 0 aliphatic carbocycles. The molecular formula is C20H40O10S2. The van der Waals surface area contributed by atoms with Gasteiger partial charge in [-0.15, -0.1) is 0 Å². The van der Waals surface area contributed by atoms with Crippen molar-refractivity contribution in [1.29, 1.82) is 0 Å². The number of aliphatic carboxylic acids is 1. The number of rotatable bonds is 22. The summed E-state index contributed by atoms with van der Waals surface area (Å²) in [6, 6.07) is 0. The van der Waals surface area contributed by atoms with Crippen molar-refractivity contribution in [2.75, 3.05) is 0 Å². The standard InChI is InChI=1S/C20H40O10S2/c1-2-3-4-5-6-7-9-12-15-18(29-31(23,24)25)19(30-32(26,27)28)16-13-10-8-11-14-17-20(21)22/h18-19H,2-17H2,1H3,(H,21,22)(H,23,24,25)(H,26,27,28). The quantitative estimate of drug-likeness (QED) is 0.139. The molecule has 192 valence electrons. The van der Waals surface area contributed by atoms with Gasteiger partial charge in [-0.25, -0.2) is 8.37 Å². The number of hydrogen-bond donors (Lipinski definition) is 3. The van der Waals surface area contributed by atoms with Crippen LogP contribution in [0.3, 0.4) is 0 Å². The zero-order chi connectivity index (χ0) is 24.5. The Kier molecular flexibility index (Phi) is 17.2. The molecule has 2 unspecified atom stereocenters. The lowest BCUT2D eigenvalue weighted by Gasteiger charge is -2.24. The minimum atomic E-state index is -4.85. The number of carboxylic acid groups (broad SMARTS) is 1. The van der Waals surface area contributed by atoms with Crippen LogP contribution in [0.2, 0.25) is 0 Å². The highest BCUT2D eigenvalue weighted by Gasteiger charge is 2.30. The lowest BCUT2D eigenvalue weighted by atomic mass is 9.99. The van der Waals surface area contributed by atoms with Gasteiger partial charge in [-0.3, -0.25) is 13.9 Å². The van der Waals surface area contributed by atoms with E-state index < -0.39 is 39.0 Å². The van der Waals surface area contributed by atoms with Crippen molar-refractivity contribution < 1.29 is 44.2 Å². The number of hydrogen-bond acceptors (Lipinski definition) is 7. The zero-order valence-corrected chi connectivity index (χ0v) is 20.6. The first-order valence-electron chi connectivity index (χ1n) is 11.5. The van der Waals surface area contributed by atoms with Crippen molar-refractivity contribution in [2.24, 2.45) is 0 Å². The molecule has 3 N–H and O–H groups in total. The molecule has 0 aliphatic rings. The Morgan fingerprint density at radius 1 is 0.656 bits per heavy atom. The molecule has 12 heteroatoms. The van der Waals surface area contributed by atoms with Crippen LogP contribution in [0.1, 0.15) is 110 Å². The Bertz CT molecular complexity index is 691. The van der Waals surface area contributed by atoms with Gasteiger partial charge in [0.15, 0.2) is 0 Å². The molecule has 2 atom stereocenters. The monoisotopic (exact) mass is 504 g/mol. The highest BCUT2D eigenvalue weighted by molar-refractivity contribution is 7.81. The Morgan fingerprint density at radius 2 is 1.00 bits per heavy atom. The maximum atomic E-state index is 11.3. The Balaban J connectivity index is 4.70. The van der Waals surface area contributed by atoms with E-state index in [0.717, 1.165) is 32.1 Å².